The van der Waals surface area contributed by atoms with Crippen molar-refractivity contribution in [1.82, 2.24) is 43.7 Å². The number of nitrogens with one attached hydrogen (secondary N) is 2. The van der Waals surface area contributed by atoms with Crippen molar-refractivity contribution in [2.45, 2.75) is 114 Å². The smallest absolute Gasteiger partial charge is 0.329 e. The van der Waals surface area contributed by atoms with Crippen LogP contribution in [0.1, 0.15) is 105 Å². The fourth-order valence-electron chi connectivity index (χ4n) is 10.5. The lowest BCUT2D eigenvalue weighted by atomic mass is 9.85. The van der Waals surface area contributed by atoms with Crippen LogP contribution in [0.2, 0.25) is 0 Å². The highest BCUT2D eigenvalue weighted by molar-refractivity contribution is 6.08. The molecule has 17 nitrogen and oxygen atoms in total. The van der Waals surface area contributed by atoms with Gasteiger partial charge in [0.25, 0.3) is 12.3 Å². The van der Waals surface area contributed by atoms with Crippen molar-refractivity contribution in [3.05, 3.63) is 70.2 Å². The average Bonchev–Trinajstić information content (AvgIpc) is 3.49. The number of rotatable bonds is 13. The number of likely N-dealkylation sites (tertiary alicyclic amines) is 1. The third-order valence-electron chi connectivity index (χ3n) is 14.0. The van der Waals surface area contributed by atoms with Crippen LogP contribution in [-0.4, -0.2) is 113 Å². The molecule has 5 aromatic rings. The Labute approximate surface area is 361 Å². The summed E-state index contributed by atoms with van der Waals surface area (Å²) in [6.07, 6.45) is 9.88. The number of nitrogens with zero attached hydrogens (tertiary/aromatic N) is 9. The van der Waals surface area contributed by atoms with Crippen LogP contribution < -0.4 is 21.2 Å². The Morgan fingerprint density at radius 3 is 2.62 bits per heavy atom. The lowest BCUT2D eigenvalue weighted by molar-refractivity contribution is -0.135. The molecular formula is C44H53F2N11O6. The molecule has 3 amide bonds. The Morgan fingerprint density at radius 2 is 1.87 bits per heavy atom. The van der Waals surface area contributed by atoms with Gasteiger partial charge in [0.2, 0.25) is 11.8 Å². The van der Waals surface area contributed by atoms with Crippen LogP contribution in [0.25, 0.3) is 16.7 Å². The van der Waals surface area contributed by atoms with Gasteiger partial charge < -0.3 is 24.6 Å². The van der Waals surface area contributed by atoms with Gasteiger partial charge >= 0.3 is 5.69 Å². The normalized spacial score (nSPS) is 25.6. The predicted octanol–water partition coefficient (Wildman–Crippen LogP) is 4.57. The zero-order chi connectivity index (χ0) is 43.5. The third-order valence-corrected chi connectivity index (χ3v) is 14.0. The standard InChI is InChI=1S/C44H53F2N11O6/c1-25-39-34(63-39)24-54(25)35-16-19-55-41(49-35)30(21-47-55)42(59)48-31-23-56(51-37(31)40(45)46)28-10-8-26(9-11-28)22-53-17-14-29(15-18-53)62-20-4-6-27-5-3-7-32-38(27)52(2)44(61)57(32)33-12-13-36(58)50-43(33)60/h3,5,7,16,19,21,23,25-26,28-29,33-34,39-40H,4,6,8-15,17-18,20,22,24H2,1-2H3,(H,48,59)(H,50,58,60)/t25-,26?,28?,33?,34+,39?/m0/s1. The molecule has 0 radical (unpaired) electrons. The van der Waals surface area contributed by atoms with E-state index in [2.05, 4.69) is 37.6 Å². The molecular weight excluding hydrogens is 817 g/mol. The Kier molecular flexibility index (Phi) is 11.1. The molecule has 4 saturated heterocycles. The van der Waals surface area contributed by atoms with Gasteiger partial charge in [-0.15, -0.1) is 0 Å². The zero-order valence-electron chi connectivity index (χ0n) is 35.5. The number of imide groups is 1. The van der Waals surface area contributed by atoms with Crippen molar-refractivity contribution in [3.63, 3.8) is 0 Å². The predicted molar refractivity (Wildman–Crippen MR) is 227 cm³/mol. The van der Waals surface area contributed by atoms with Crippen LogP contribution in [0.4, 0.5) is 20.3 Å². The minimum absolute atomic E-state index is 0.00541. The lowest BCUT2D eigenvalue weighted by Gasteiger charge is -2.36. The van der Waals surface area contributed by atoms with Crippen molar-refractivity contribution in [2.24, 2.45) is 13.0 Å². The molecule has 5 fully saturated rings. The second-order valence-electron chi connectivity index (χ2n) is 17.9. The maximum Gasteiger partial charge on any atom is 0.329 e. The first-order chi connectivity index (χ1) is 30.5. The number of benzene rings is 1. The number of imidazole rings is 1. The summed E-state index contributed by atoms with van der Waals surface area (Å²) in [6.45, 7) is 6.31. The lowest BCUT2D eigenvalue weighted by Crippen LogP contribution is -2.44. The summed E-state index contributed by atoms with van der Waals surface area (Å²) in [7, 11) is 1.72. The molecule has 8 heterocycles. The fourth-order valence-corrected chi connectivity index (χ4v) is 10.5. The number of hydrogen-bond acceptors (Lipinski definition) is 11. The molecule has 10 rings (SSSR count). The first kappa shape index (κ1) is 41.5. The topological polar surface area (TPSA) is 178 Å². The molecule has 0 bridgehead atoms. The summed E-state index contributed by atoms with van der Waals surface area (Å²) in [6, 6.07) is 7.04. The molecule has 4 aliphatic heterocycles. The Hall–Kier alpha value is -5.53. The Morgan fingerprint density at radius 1 is 1.06 bits per heavy atom. The van der Waals surface area contributed by atoms with Gasteiger partial charge in [-0.3, -0.25) is 33.5 Å². The van der Waals surface area contributed by atoms with Crippen LogP contribution >= 0.6 is 0 Å². The minimum atomic E-state index is -2.86. The number of alkyl halides is 2. The summed E-state index contributed by atoms with van der Waals surface area (Å²) >= 11 is 0. The Balaban J connectivity index is 0.682. The van der Waals surface area contributed by atoms with E-state index >= 15 is 0 Å². The molecule has 334 valence electrons. The number of morpholine rings is 1. The molecule has 2 unspecified atom stereocenters. The van der Waals surface area contributed by atoms with Crippen molar-refractivity contribution < 1.29 is 32.6 Å². The quantitative estimate of drug-likeness (QED) is 0.0963. The number of anilines is 2. The number of para-hydroxylation sites is 1. The van der Waals surface area contributed by atoms with Gasteiger partial charge in [-0.2, -0.15) is 10.2 Å². The van der Waals surface area contributed by atoms with E-state index in [4.69, 9.17) is 14.5 Å². The number of epoxide rings is 1. The number of fused-ring (bicyclic) bond motifs is 3. The molecule has 1 aliphatic carbocycles. The number of hydrogen-bond donors (Lipinski definition) is 2. The van der Waals surface area contributed by atoms with E-state index in [9.17, 15) is 28.0 Å². The molecule has 63 heavy (non-hydrogen) atoms. The van der Waals surface area contributed by atoms with Crippen LogP contribution in [0.15, 0.2) is 47.7 Å². The maximum atomic E-state index is 14.3. The van der Waals surface area contributed by atoms with E-state index in [1.807, 2.05) is 24.3 Å². The number of carbonyl (C=O) groups excluding carboxylic acids is 3. The van der Waals surface area contributed by atoms with Gasteiger partial charge in [-0.05, 0) is 88.3 Å². The third kappa shape index (κ3) is 8.03. The van der Waals surface area contributed by atoms with E-state index in [1.165, 1.54) is 15.3 Å². The van der Waals surface area contributed by atoms with Gasteiger partial charge in [0.15, 0.2) is 11.3 Å². The zero-order valence-corrected chi connectivity index (χ0v) is 35.5. The van der Waals surface area contributed by atoms with E-state index < -0.39 is 30.0 Å². The van der Waals surface area contributed by atoms with Crippen LogP contribution in [0, 0.1) is 5.92 Å². The summed E-state index contributed by atoms with van der Waals surface area (Å²) in [5, 5.41) is 13.6. The number of amides is 3. The molecule has 2 N–H and O–H groups in total. The number of piperidine rings is 2. The van der Waals surface area contributed by atoms with Crippen molar-refractivity contribution in [2.75, 3.05) is 43.0 Å². The average molecular weight is 870 g/mol. The highest BCUT2D eigenvalue weighted by Crippen LogP contribution is 2.39. The molecule has 19 heteroatoms. The number of ether oxygens (including phenoxy) is 2. The van der Waals surface area contributed by atoms with Crippen molar-refractivity contribution in [3.8, 4) is 0 Å². The van der Waals surface area contributed by atoms with Crippen molar-refractivity contribution >= 4 is 45.9 Å². The Bertz CT molecular complexity index is 2600. The van der Waals surface area contributed by atoms with Gasteiger partial charge in [0.1, 0.15) is 29.6 Å². The maximum absolute atomic E-state index is 14.3. The summed E-state index contributed by atoms with van der Waals surface area (Å²) in [5.74, 6) is -0.112. The molecule has 4 aromatic heterocycles. The van der Waals surface area contributed by atoms with Gasteiger partial charge in [0.05, 0.1) is 41.1 Å². The van der Waals surface area contributed by atoms with Crippen LogP contribution in [0.5, 0.6) is 0 Å². The minimum Gasteiger partial charge on any atom is -0.378 e. The monoisotopic (exact) mass is 869 g/mol. The number of carbonyl (C=O) groups is 3. The molecule has 0 spiro atoms. The summed E-state index contributed by atoms with van der Waals surface area (Å²) in [5.41, 5.74) is 2.33. The largest absolute Gasteiger partial charge is 0.378 e. The van der Waals surface area contributed by atoms with Gasteiger partial charge in [0, 0.05) is 58.6 Å². The van der Waals surface area contributed by atoms with Gasteiger partial charge in [-0.25, -0.2) is 23.1 Å². The molecule has 1 saturated carbocycles. The second kappa shape index (κ2) is 16.9. The first-order valence-electron chi connectivity index (χ1n) is 22.3. The number of aryl methyl sites for hydroxylation is 2. The van der Waals surface area contributed by atoms with Gasteiger partial charge in [-0.1, -0.05) is 12.1 Å². The summed E-state index contributed by atoms with van der Waals surface area (Å²) in [4.78, 5) is 60.6. The highest BCUT2D eigenvalue weighted by Gasteiger charge is 2.53. The van der Waals surface area contributed by atoms with E-state index in [1.54, 1.807) is 28.7 Å². The molecule has 5 aliphatic rings. The van der Waals surface area contributed by atoms with E-state index in [0.29, 0.717) is 35.9 Å². The number of aromatic nitrogens is 7. The highest BCUT2D eigenvalue weighted by atomic mass is 19.3. The van der Waals surface area contributed by atoms with E-state index in [0.717, 1.165) is 88.6 Å². The molecule has 4 atom stereocenters. The second-order valence-corrected chi connectivity index (χ2v) is 17.9. The first-order valence-corrected chi connectivity index (χ1v) is 22.3. The fraction of sp³-hybridized carbons (Fsp3) is 0.568. The van der Waals surface area contributed by atoms with Crippen molar-refractivity contribution in [1.29, 1.82) is 0 Å². The molecule has 1 aromatic carbocycles. The van der Waals surface area contributed by atoms with Crippen LogP contribution in [0.3, 0.4) is 0 Å². The SMILES string of the molecule is C[C@H]1C2O[C@@H]2CN1c1ccn2ncc(C(=O)Nc3cn(C4CCC(CN5CCC(OCCCc6cccc7c6n(C)c(=O)n7C6CCC(=O)NC6=O)CC5)CC4)nc3C(F)F)c2n1. The number of halogens is 2. The van der Waals surface area contributed by atoms with Crippen LogP contribution in [-0.2, 0) is 32.5 Å². The van der Waals surface area contributed by atoms with E-state index in [-0.39, 0.29) is 59.7 Å². The summed E-state index contributed by atoms with van der Waals surface area (Å²) < 4.78 is 46.8.